The summed E-state index contributed by atoms with van der Waals surface area (Å²) in [6.45, 7) is -0.325. The normalized spacial score (nSPS) is 21.6. The van der Waals surface area contributed by atoms with Crippen LogP contribution in [0.4, 0.5) is 8.78 Å². The van der Waals surface area contributed by atoms with Gasteiger partial charge in [0.25, 0.3) is 11.8 Å². The molecule has 1 aliphatic carbocycles. The van der Waals surface area contributed by atoms with E-state index >= 15 is 0 Å². The number of amides is 1. The molecule has 1 amide bonds. The lowest BCUT2D eigenvalue weighted by molar-refractivity contribution is -0.0771. The molecule has 1 fully saturated rings. The van der Waals surface area contributed by atoms with Crippen LogP contribution in [0.25, 0.3) is 0 Å². The summed E-state index contributed by atoms with van der Waals surface area (Å²) >= 11 is 0. The molecule has 1 heterocycles. The highest BCUT2D eigenvalue weighted by Crippen LogP contribution is 2.38. The van der Waals surface area contributed by atoms with Gasteiger partial charge in [0.05, 0.1) is 12.3 Å². The van der Waals surface area contributed by atoms with Gasteiger partial charge in [-0.15, -0.1) is 0 Å². The van der Waals surface area contributed by atoms with Crippen LogP contribution in [0.3, 0.4) is 0 Å². The van der Waals surface area contributed by atoms with Gasteiger partial charge in [0.1, 0.15) is 6.26 Å². The summed E-state index contributed by atoms with van der Waals surface area (Å²) in [5, 5.41) is 0. The fourth-order valence-electron chi connectivity index (χ4n) is 2.37. The third-order valence-corrected chi connectivity index (χ3v) is 5.00. The maximum absolute atomic E-state index is 13.7. The molecule has 1 unspecified atom stereocenters. The molecule has 22 heavy (non-hydrogen) atoms. The van der Waals surface area contributed by atoms with E-state index in [0.717, 1.165) is 6.26 Å². The largest absolute Gasteiger partial charge is 0.447 e. The van der Waals surface area contributed by atoms with Crippen LogP contribution in [0.5, 0.6) is 0 Å². The molecule has 0 spiro atoms. The van der Waals surface area contributed by atoms with Gasteiger partial charge in [-0.1, -0.05) is 6.42 Å². The van der Waals surface area contributed by atoms with Crippen molar-refractivity contribution < 1.29 is 26.4 Å². The van der Waals surface area contributed by atoms with Gasteiger partial charge in [-0.05, 0) is 12.8 Å². The van der Waals surface area contributed by atoms with Crippen LogP contribution in [0.2, 0.25) is 0 Å². The van der Waals surface area contributed by atoms with Crippen LogP contribution in [0.15, 0.2) is 10.7 Å². The zero-order valence-electron chi connectivity index (χ0n) is 11.7. The molecule has 3 N–H and O–H groups in total. The molecule has 0 bridgehead atoms. The summed E-state index contributed by atoms with van der Waals surface area (Å²) in [6.07, 6.45) is 1.90. The molecule has 0 saturated heterocycles. The first kappa shape index (κ1) is 16.8. The van der Waals surface area contributed by atoms with E-state index in [1.165, 1.54) is 0 Å². The predicted octanol–water partition coefficient (Wildman–Crippen LogP) is 1.02. The number of hydrogen-bond donors (Lipinski definition) is 2. The number of nitrogens with zero attached hydrogens (tertiary/aromatic N) is 1. The number of carbonyl (C=O) groups excluding carboxylic acids is 1. The van der Waals surface area contributed by atoms with E-state index in [1.54, 1.807) is 0 Å². The highest BCUT2D eigenvalue weighted by Gasteiger charge is 2.43. The van der Waals surface area contributed by atoms with Crippen molar-refractivity contribution in [3.8, 4) is 0 Å². The van der Waals surface area contributed by atoms with E-state index in [2.05, 4.69) is 9.71 Å². The van der Waals surface area contributed by atoms with E-state index < -0.39 is 33.5 Å². The first-order valence-electron chi connectivity index (χ1n) is 6.79. The molecule has 0 aromatic carbocycles. The van der Waals surface area contributed by atoms with Crippen LogP contribution in [0, 0.1) is 5.92 Å². The molecule has 124 valence electrons. The minimum absolute atomic E-state index is 0.0622. The first-order chi connectivity index (χ1) is 10.2. The number of halogens is 2. The quantitative estimate of drug-likeness (QED) is 0.804. The van der Waals surface area contributed by atoms with E-state index in [1.807, 2.05) is 0 Å². The minimum Gasteiger partial charge on any atom is -0.447 e. The molecule has 10 heteroatoms. The highest BCUT2D eigenvalue weighted by atomic mass is 32.2. The van der Waals surface area contributed by atoms with Crippen LogP contribution in [0.1, 0.15) is 42.1 Å². The second-order valence-electron chi connectivity index (χ2n) is 5.30. The van der Waals surface area contributed by atoms with Gasteiger partial charge in [0.15, 0.2) is 5.69 Å². The van der Waals surface area contributed by atoms with E-state index in [0.29, 0.717) is 12.8 Å². The average molecular weight is 337 g/mol. The Morgan fingerprint density at radius 3 is 2.82 bits per heavy atom. The molecule has 1 aliphatic rings. The van der Waals surface area contributed by atoms with Gasteiger partial charge in [0, 0.05) is 12.3 Å². The van der Waals surface area contributed by atoms with Gasteiger partial charge in [-0.25, -0.2) is 26.9 Å². The number of carbonyl (C=O) groups is 1. The Morgan fingerprint density at radius 2 is 2.23 bits per heavy atom. The maximum atomic E-state index is 13.7. The maximum Gasteiger partial charge on any atom is 0.270 e. The Hall–Kier alpha value is -1.55. The number of primary amides is 1. The molecule has 1 aromatic rings. The fraction of sp³-hybridized carbons (Fsp3) is 0.667. The van der Waals surface area contributed by atoms with Crippen molar-refractivity contribution in [2.75, 3.05) is 5.75 Å². The van der Waals surface area contributed by atoms with Crippen molar-refractivity contribution in [2.45, 2.75) is 38.2 Å². The molecule has 7 nitrogen and oxygen atoms in total. The molecule has 0 aliphatic heterocycles. The summed E-state index contributed by atoms with van der Waals surface area (Å²) < 4.78 is 58.2. The summed E-state index contributed by atoms with van der Waals surface area (Å²) in [5.74, 6) is -5.67. The second-order valence-corrected chi connectivity index (χ2v) is 7.15. The molecule has 0 radical (unpaired) electrons. The number of oxazole rings is 1. The number of hydrogen-bond acceptors (Lipinski definition) is 5. The Morgan fingerprint density at radius 1 is 1.50 bits per heavy atom. The van der Waals surface area contributed by atoms with Crippen molar-refractivity contribution in [3.05, 3.63) is 17.8 Å². The van der Waals surface area contributed by atoms with E-state index in [-0.39, 0.29) is 31.0 Å². The van der Waals surface area contributed by atoms with E-state index in [9.17, 15) is 22.0 Å². The second kappa shape index (κ2) is 6.29. The lowest BCUT2D eigenvalue weighted by Crippen LogP contribution is -2.40. The SMILES string of the molecule is NC(=O)c1coc(CNS(=O)(=O)CC2CCCCC2(F)F)n1. The van der Waals surface area contributed by atoms with Crippen molar-refractivity contribution in [1.82, 2.24) is 9.71 Å². The zero-order valence-corrected chi connectivity index (χ0v) is 12.5. The Bertz CT molecular complexity index is 645. The van der Waals surface area contributed by atoms with Gasteiger partial charge in [-0.2, -0.15) is 0 Å². The van der Waals surface area contributed by atoms with E-state index in [4.69, 9.17) is 10.2 Å². The lowest BCUT2D eigenvalue weighted by atomic mass is 9.87. The third kappa shape index (κ3) is 4.23. The van der Waals surface area contributed by atoms with Crippen LogP contribution < -0.4 is 10.5 Å². The molecule has 1 saturated carbocycles. The lowest BCUT2D eigenvalue weighted by Gasteiger charge is -2.30. The topological polar surface area (TPSA) is 115 Å². The smallest absolute Gasteiger partial charge is 0.270 e. The molecular weight excluding hydrogens is 320 g/mol. The van der Waals surface area contributed by atoms with Crippen molar-refractivity contribution in [3.63, 3.8) is 0 Å². The Labute approximate surface area is 126 Å². The summed E-state index contributed by atoms with van der Waals surface area (Å²) in [6, 6.07) is 0. The summed E-state index contributed by atoms with van der Waals surface area (Å²) in [7, 11) is -3.91. The molecule has 1 aromatic heterocycles. The van der Waals surface area contributed by atoms with Crippen LogP contribution in [-0.2, 0) is 16.6 Å². The van der Waals surface area contributed by atoms with Crippen molar-refractivity contribution >= 4 is 15.9 Å². The van der Waals surface area contributed by atoms with Crippen molar-refractivity contribution in [2.24, 2.45) is 11.7 Å². The third-order valence-electron chi connectivity index (χ3n) is 3.58. The number of aromatic nitrogens is 1. The monoisotopic (exact) mass is 337 g/mol. The minimum atomic E-state index is -3.91. The van der Waals surface area contributed by atoms with Gasteiger partial charge >= 0.3 is 0 Å². The summed E-state index contributed by atoms with van der Waals surface area (Å²) in [4.78, 5) is 14.5. The van der Waals surface area contributed by atoms with Gasteiger partial charge < -0.3 is 10.2 Å². The predicted molar refractivity (Wildman–Crippen MR) is 72.6 cm³/mol. The van der Waals surface area contributed by atoms with Crippen LogP contribution >= 0.6 is 0 Å². The number of nitrogens with two attached hydrogens (primary N) is 1. The zero-order chi connectivity index (χ0) is 16.4. The van der Waals surface area contributed by atoms with Gasteiger partial charge in [0.2, 0.25) is 15.9 Å². The van der Waals surface area contributed by atoms with Crippen molar-refractivity contribution in [1.29, 1.82) is 0 Å². The number of nitrogens with one attached hydrogen (secondary N) is 1. The Kier molecular flexibility index (Phi) is 4.81. The van der Waals surface area contributed by atoms with Crippen LogP contribution in [-0.4, -0.2) is 31.0 Å². The standard InChI is InChI=1S/C12H17F2N3O4S/c13-12(14)4-2-1-3-8(12)7-22(19,20)16-5-10-17-9(6-21-10)11(15)18/h6,8,16H,1-5,7H2,(H2,15,18). The fourth-order valence-corrected chi connectivity index (χ4v) is 3.77. The highest BCUT2D eigenvalue weighted by molar-refractivity contribution is 7.89. The average Bonchev–Trinajstić information content (AvgIpc) is 2.88. The number of rotatable bonds is 6. The van der Waals surface area contributed by atoms with Gasteiger partial charge in [-0.3, -0.25) is 4.79 Å². The first-order valence-corrected chi connectivity index (χ1v) is 8.44. The molecule has 2 rings (SSSR count). The molecular formula is C12H17F2N3O4S. The summed E-state index contributed by atoms with van der Waals surface area (Å²) in [5.41, 5.74) is 4.85. The number of sulfonamides is 1. The molecule has 1 atom stereocenters. The Balaban J connectivity index is 1.94. The number of alkyl halides is 2.